The first kappa shape index (κ1) is 18.5. The summed E-state index contributed by atoms with van der Waals surface area (Å²) in [6.07, 6.45) is 5.74. The fourth-order valence-corrected chi connectivity index (χ4v) is 4.09. The van der Waals surface area contributed by atoms with Crippen molar-refractivity contribution >= 4 is 40.2 Å². The fourth-order valence-electron chi connectivity index (χ4n) is 3.88. The van der Waals surface area contributed by atoms with Gasteiger partial charge in [0.2, 0.25) is 0 Å². The quantitative estimate of drug-likeness (QED) is 0.374. The fraction of sp³-hybridized carbons (Fsp3) is 0.130. The average Bonchev–Trinajstić information content (AvgIpc) is 2.73. The molecule has 1 atom stereocenters. The van der Waals surface area contributed by atoms with E-state index in [-0.39, 0.29) is 5.69 Å². The molecule has 150 valence electrons. The van der Waals surface area contributed by atoms with E-state index in [0.29, 0.717) is 22.3 Å². The second kappa shape index (κ2) is 6.50. The molecule has 30 heavy (non-hydrogen) atoms. The molecule has 3 aromatic carbocycles. The van der Waals surface area contributed by atoms with Crippen molar-refractivity contribution in [1.82, 2.24) is 0 Å². The van der Waals surface area contributed by atoms with Crippen LogP contribution in [0.5, 0.6) is 17.2 Å². The largest absolute Gasteiger partial charge is 0.493 e. The van der Waals surface area contributed by atoms with Crippen LogP contribution in [0.2, 0.25) is 5.02 Å². The Balaban J connectivity index is 1.61. The average molecular weight is 422 g/mol. The van der Waals surface area contributed by atoms with Crippen molar-refractivity contribution in [3.05, 3.63) is 80.4 Å². The van der Waals surface area contributed by atoms with Crippen LogP contribution in [0.3, 0.4) is 0 Å². The maximum absolute atomic E-state index is 11.1. The summed E-state index contributed by atoms with van der Waals surface area (Å²) in [5.41, 5.74) is 2.57. The number of ether oxygens (including phenoxy) is 3. The molecule has 0 fully saturated rings. The highest BCUT2D eigenvalue weighted by Crippen LogP contribution is 2.47. The number of non-ortho nitro benzene ring substituents is 1. The molecule has 1 unspecified atom stereocenters. The van der Waals surface area contributed by atoms with Gasteiger partial charge < -0.3 is 14.2 Å². The molecule has 0 radical (unpaired) electrons. The van der Waals surface area contributed by atoms with Crippen molar-refractivity contribution in [3.63, 3.8) is 0 Å². The molecule has 3 aromatic rings. The van der Waals surface area contributed by atoms with Gasteiger partial charge in [-0.3, -0.25) is 10.1 Å². The molecular weight excluding hydrogens is 406 g/mol. The van der Waals surface area contributed by atoms with Gasteiger partial charge in [0, 0.05) is 46.0 Å². The first-order chi connectivity index (χ1) is 14.4. The minimum atomic E-state index is -1.12. The van der Waals surface area contributed by atoms with Gasteiger partial charge in [0.05, 0.1) is 12.0 Å². The Kier molecular flexibility index (Phi) is 4.01. The van der Waals surface area contributed by atoms with Gasteiger partial charge in [-0.05, 0) is 48.0 Å². The Bertz CT molecular complexity index is 1300. The molecule has 1 spiro atoms. The van der Waals surface area contributed by atoms with Gasteiger partial charge >= 0.3 is 0 Å². The van der Waals surface area contributed by atoms with Gasteiger partial charge in [-0.25, -0.2) is 0 Å². The van der Waals surface area contributed by atoms with E-state index >= 15 is 0 Å². The monoisotopic (exact) mass is 421 g/mol. The van der Waals surface area contributed by atoms with E-state index in [4.69, 9.17) is 25.8 Å². The molecule has 0 N–H and O–H groups in total. The number of rotatable bonds is 2. The molecule has 2 heterocycles. The number of nitro benzene ring substituents is 1. The lowest BCUT2D eigenvalue weighted by atomic mass is 9.94. The summed E-state index contributed by atoms with van der Waals surface area (Å²) in [4.78, 5) is 10.7. The third-order valence-electron chi connectivity index (χ3n) is 5.39. The van der Waals surface area contributed by atoms with Crippen molar-refractivity contribution in [3.8, 4) is 17.2 Å². The van der Waals surface area contributed by atoms with Crippen LogP contribution in [0.15, 0.2) is 54.1 Å². The second-order valence-corrected chi connectivity index (χ2v) is 7.64. The van der Waals surface area contributed by atoms with Crippen LogP contribution in [0, 0.1) is 10.1 Å². The number of fused-ring (bicyclic) bond motifs is 4. The molecule has 6 nitrogen and oxygen atoms in total. The molecule has 0 bridgehead atoms. The molecule has 0 amide bonds. The Hall–Kier alpha value is -3.51. The van der Waals surface area contributed by atoms with Gasteiger partial charge in [-0.1, -0.05) is 17.7 Å². The molecule has 0 aliphatic carbocycles. The molecule has 0 saturated carbocycles. The number of methoxy groups -OCH3 is 1. The Morgan fingerprint density at radius 2 is 1.97 bits per heavy atom. The third kappa shape index (κ3) is 2.72. The number of nitrogens with zero attached hydrogens (tertiary/aromatic N) is 1. The zero-order valence-electron chi connectivity index (χ0n) is 16.1. The van der Waals surface area contributed by atoms with E-state index < -0.39 is 10.7 Å². The van der Waals surface area contributed by atoms with Crippen molar-refractivity contribution in [2.75, 3.05) is 7.11 Å². The van der Waals surface area contributed by atoms with Gasteiger partial charge in [-0.2, -0.15) is 0 Å². The molecule has 0 saturated heterocycles. The van der Waals surface area contributed by atoms with Crippen molar-refractivity contribution in [2.24, 2.45) is 0 Å². The second-order valence-electron chi connectivity index (χ2n) is 7.20. The summed E-state index contributed by atoms with van der Waals surface area (Å²) in [5, 5.41) is 13.3. The molecule has 7 heteroatoms. The first-order valence-electron chi connectivity index (χ1n) is 9.25. The van der Waals surface area contributed by atoms with Gasteiger partial charge in [-0.15, -0.1) is 0 Å². The molecule has 5 rings (SSSR count). The maximum Gasteiger partial charge on any atom is 0.294 e. The van der Waals surface area contributed by atoms with E-state index in [9.17, 15) is 10.1 Å². The van der Waals surface area contributed by atoms with Crippen molar-refractivity contribution < 1.29 is 19.1 Å². The van der Waals surface area contributed by atoms with Crippen LogP contribution < -0.4 is 14.2 Å². The summed E-state index contributed by atoms with van der Waals surface area (Å²) >= 11 is 6.19. The third-order valence-corrected chi connectivity index (χ3v) is 5.61. The number of hydrogen-bond donors (Lipinski definition) is 0. The van der Waals surface area contributed by atoms with Crippen LogP contribution in [0.25, 0.3) is 22.9 Å². The SMILES string of the molecule is COc1cc(Cl)cc2c1OC1(C=Cc3c(ccc4cc([N+](=O)[O-])ccc34)O1)C(C)=C2. The highest BCUT2D eigenvalue weighted by Gasteiger charge is 2.41. The van der Waals surface area contributed by atoms with Gasteiger partial charge in [0.1, 0.15) is 5.75 Å². The Labute approximate surface area is 177 Å². The number of halogens is 1. The van der Waals surface area contributed by atoms with Crippen LogP contribution >= 0.6 is 11.6 Å². The zero-order valence-corrected chi connectivity index (χ0v) is 16.9. The Morgan fingerprint density at radius 1 is 1.13 bits per heavy atom. The normalized spacial score (nSPS) is 18.8. The van der Waals surface area contributed by atoms with Crippen LogP contribution in [-0.4, -0.2) is 17.8 Å². The van der Waals surface area contributed by atoms with E-state index in [0.717, 1.165) is 27.5 Å². The van der Waals surface area contributed by atoms with Gasteiger partial charge in [0.25, 0.3) is 11.5 Å². The van der Waals surface area contributed by atoms with E-state index in [1.165, 1.54) is 6.07 Å². The predicted molar refractivity (Wildman–Crippen MR) is 115 cm³/mol. The number of nitro groups is 1. The Morgan fingerprint density at radius 3 is 2.73 bits per heavy atom. The van der Waals surface area contributed by atoms with E-state index in [1.807, 2.05) is 37.3 Å². The lowest BCUT2D eigenvalue weighted by Crippen LogP contribution is -2.44. The van der Waals surface area contributed by atoms with Crippen molar-refractivity contribution in [2.45, 2.75) is 12.7 Å². The van der Waals surface area contributed by atoms with Crippen LogP contribution in [-0.2, 0) is 0 Å². The van der Waals surface area contributed by atoms with Crippen LogP contribution in [0.4, 0.5) is 5.69 Å². The summed E-state index contributed by atoms with van der Waals surface area (Å²) in [6, 6.07) is 11.9. The maximum atomic E-state index is 11.1. The summed E-state index contributed by atoms with van der Waals surface area (Å²) in [6.45, 7) is 1.93. The van der Waals surface area contributed by atoms with Crippen LogP contribution in [0.1, 0.15) is 18.1 Å². The minimum absolute atomic E-state index is 0.0522. The summed E-state index contributed by atoms with van der Waals surface area (Å²) in [5.74, 6) is 0.587. The molecule has 0 aromatic heterocycles. The number of hydrogen-bond acceptors (Lipinski definition) is 5. The highest BCUT2D eigenvalue weighted by atomic mass is 35.5. The minimum Gasteiger partial charge on any atom is -0.493 e. The molecular formula is C23H16ClNO5. The topological polar surface area (TPSA) is 70.8 Å². The lowest BCUT2D eigenvalue weighted by molar-refractivity contribution is -0.384. The van der Waals surface area contributed by atoms with E-state index in [1.54, 1.807) is 31.4 Å². The zero-order chi connectivity index (χ0) is 21.0. The molecule has 2 aliphatic rings. The summed E-state index contributed by atoms with van der Waals surface area (Å²) < 4.78 is 18.1. The standard InChI is InChI=1S/C23H16ClNO5/c1-13-9-15-10-16(24)12-21(28-2)22(15)30-23(13)8-7-19-18-5-4-17(25(26)27)11-14(18)3-6-20(19)29-23/h3-12H,1-2H3. The van der Waals surface area contributed by atoms with Gasteiger partial charge in [0.15, 0.2) is 11.5 Å². The van der Waals surface area contributed by atoms with Crippen molar-refractivity contribution in [1.29, 1.82) is 0 Å². The molecule has 2 aliphatic heterocycles. The first-order valence-corrected chi connectivity index (χ1v) is 9.63. The number of benzene rings is 3. The highest BCUT2D eigenvalue weighted by molar-refractivity contribution is 6.31. The summed E-state index contributed by atoms with van der Waals surface area (Å²) in [7, 11) is 1.56. The smallest absolute Gasteiger partial charge is 0.294 e. The lowest BCUT2D eigenvalue weighted by Gasteiger charge is -2.39. The predicted octanol–water partition coefficient (Wildman–Crippen LogP) is 6.01. The van der Waals surface area contributed by atoms with E-state index in [2.05, 4.69) is 0 Å².